The molecule has 2 saturated heterocycles. The van der Waals surface area contributed by atoms with E-state index in [0.29, 0.717) is 11.6 Å². The topological polar surface area (TPSA) is 108 Å². The van der Waals surface area contributed by atoms with Gasteiger partial charge in [-0.15, -0.1) is 0 Å². The fourth-order valence-electron chi connectivity index (χ4n) is 5.31. The van der Waals surface area contributed by atoms with Gasteiger partial charge in [0.2, 0.25) is 5.88 Å². The van der Waals surface area contributed by atoms with Crippen LogP contribution < -0.4 is 4.74 Å². The highest BCUT2D eigenvalue weighted by Gasteiger charge is 2.45. The summed E-state index contributed by atoms with van der Waals surface area (Å²) in [5.74, 6) is 0.392. The van der Waals surface area contributed by atoms with Crippen molar-refractivity contribution in [3.8, 4) is 5.88 Å². The minimum Gasteiger partial charge on any atom is -0.473 e. The first-order valence-corrected chi connectivity index (χ1v) is 14.2. The zero-order chi connectivity index (χ0) is 24.7. The maximum Gasteiger partial charge on any atom is 0.410 e. The minimum absolute atomic E-state index is 0.0159. The molecular weight excluding hydrogens is 458 g/mol. The van der Waals surface area contributed by atoms with Crippen molar-refractivity contribution >= 4 is 15.9 Å². The highest BCUT2D eigenvalue weighted by molar-refractivity contribution is 7.90. The molecule has 0 radical (unpaired) electrons. The van der Waals surface area contributed by atoms with Crippen LogP contribution in [0.15, 0.2) is 11.2 Å². The number of aryl methyl sites for hydroxylation is 1. The molecule has 190 valence electrons. The highest BCUT2D eigenvalue weighted by atomic mass is 32.2. The van der Waals surface area contributed by atoms with E-state index in [9.17, 15) is 13.2 Å². The standard InChI is InChI=1S/C24H37N3O6S/c1-15-22(25-14-21(26-15)34(5,29)30)32-19-10-8-18(9-11-19)31-20-12-16-6-7-17(13-20)27(16)23(28)33-24(2,3)4/h14,16-20H,6-13H2,1-5H3/t16-,17+,18?,19?,20?. The normalized spacial score (nSPS) is 29.7. The van der Waals surface area contributed by atoms with Crippen molar-refractivity contribution in [3.63, 3.8) is 0 Å². The summed E-state index contributed by atoms with van der Waals surface area (Å²) in [6.45, 7) is 7.42. The Bertz CT molecular complexity index is 986. The van der Waals surface area contributed by atoms with Gasteiger partial charge in [-0.05, 0) is 79.1 Å². The molecule has 1 amide bonds. The van der Waals surface area contributed by atoms with Crippen LogP contribution in [0, 0.1) is 6.92 Å². The van der Waals surface area contributed by atoms with Crippen molar-refractivity contribution in [1.82, 2.24) is 14.9 Å². The van der Waals surface area contributed by atoms with Gasteiger partial charge in [0.1, 0.15) is 17.4 Å². The van der Waals surface area contributed by atoms with Crippen molar-refractivity contribution in [1.29, 1.82) is 0 Å². The molecule has 3 atom stereocenters. The highest BCUT2D eigenvalue weighted by Crippen LogP contribution is 2.39. The number of carbonyl (C=O) groups excluding carboxylic acids is 1. The molecule has 9 nitrogen and oxygen atoms in total. The summed E-state index contributed by atoms with van der Waals surface area (Å²) in [5, 5.41) is -0.0406. The van der Waals surface area contributed by atoms with Crippen LogP contribution in [0.1, 0.15) is 77.8 Å². The fraction of sp³-hybridized carbons (Fsp3) is 0.792. The van der Waals surface area contributed by atoms with Crippen molar-refractivity contribution in [2.24, 2.45) is 0 Å². The van der Waals surface area contributed by atoms with E-state index in [1.165, 1.54) is 6.20 Å². The van der Waals surface area contributed by atoms with Crippen LogP contribution in [-0.2, 0) is 19.3 Å². The summed E-state index contributed by atoms with van der Waals surface area (Å²) < 4.78 is 41.5. The maximum atomic E-state index is 12.7. The number of nitrogens with zero attached hydrogens (tertiary/aromatic N) is 3. The SMILES string of the molecule is Cc1nc(S(C)(=O)=O)cnc1OC1CCC(OC2C[C@H]3CC[C@@H](C2)N3C(=O)OC(C)(C)C)CC1. The Morgan fingerprint density at radius 2 is 1.59 bits per heavy atom. The second-order valence-electron chi connectivity index (χ2n) is 10.9. The lowest BCUT2D eigenvalue weighted by Crippen LogP contribution is -2.50. The van der Waals surface area contributed by atoms with Crippen LogP contribution in [0.3, 0.4) is 0 Å². The van der Waals surface area contributed by atoms with Gasteiger partial charge in [0.15, 0.2) is 14.9 Å². The number of hydrogen-bond donors (Lipinski definition) is 0. The van der Waals surface area contributed by atoms with E-state index in [2.05, 4.69) is 9.97 Å². The Hall–Kier alpha value is -1.94. The monoisotopic (exact) mass is 495 g/mol. The third-order valence-corrected chi connectivity index (χ3v) is 7.79. The van der Waals surface area contributed by atoms with E-state index in [1.807, 2.05) is 25.7 Å². The lowest BCUT2D eigenvalue weighted by molar-refractivity contribution is -0.0815. The van der Waals surface area contributed by atoms with E-state index in [-0.39, 0.29) is 41.5 Å². The number of fused-ring (bicyclic) bond motifs is 2. The van der Waals surface area contributed by atoms with Crippen molar-refractivity contribution in [2.75, 3.05) is 6.26 Å². The molecule has 3 aliphatic rings. The smallest absolute Gasteiger partial charge is 0.410 e. The molecule has 4 rings (SSSR count). The minimum atomic E-state index is -3.39. The van der Waals surface area contributed by atoms with Gasteiger partial charge in [0, 0.05) is 18.3 Å². The number of hydrogen-bond acceptors (Lipinski definition) is 8. The summed E-state index contributed by atoms with van der Waals surface area (Å²) in [7, 11) is -3.39. The third-order valence-electron chi connectivity index (χ3n) is 6.84. The maximum absolute atomic E-state index is 12.7. The van der Waals surface area contributed by atoms with Crippen molar-refractivity contribution in [2.45, 2.75) is 120 Å². The predicted octanol–water partition coefficient (Wildman–Crippen LogP) is 3.83. The Kier molecular flexibility index (Phi) is 7.11. The predicted molar refractivity (Wildman–Crippen MR) is 126 cm³/mol. The second-order valence-corrected chi connectivity index (χ2v) is 12.9. The average molecular weight is 496 g/mol. The molecule has 0 spiro atoms. The van der Waals surface area contributed by atoms with Gasteiger partial charge in [-0.2, -0.15) is 0 Å². The number of rotatable bonds is 5. The average Bonchev–Trinajstić information content (AvgIpc) is 3.00. The van der Waals surface area contributed by atoms with Gasteiger partial charge in [0.25, 0.3) is 0 Å². The molecule has 0 N–H and O–H groups in total. The number of ether oxygens (including phenoxy) is 3. The van der Waals surface area contributed by atoms with Gasteiger partial charge in [0.05, 0.1) is 18.4 Å². The number of piperidine rings is 1. The first kappa shape index (κ1) is 25.2. The molecule has 34 heavy (non-hydrogen) atoms. The molecule has 1 unspecified atom stereocenters. The molecular formula is C24H37N3O6S. The van der Waals surface area contributed by atoms with Gasteiger partial charge in [-0.1, -0.05) is 0 Å². The summed E-state index contributed by atoms with van der Waals surface area (Å²) >= 11 is 0. The summed E-state index contributed by atoms with van der Waals surface area (Å²) in [5.41, 5.74) is -0.00159. The van der Waals surface area contributed by atoms with E-state index in [0.717, 1.165) is 57.6 Å². The summed E-state index contributed by atoms with van der Waals surface area (Å²) in [6, 6.07) is 0.407. The van der Waals surface area contributed by atoms with Gasteiger partial charge < -0.3 is 19.1 Å². The van der Waals surface area contributed by atoms with Gasteiger partial charge >= 0.3 is 6.09 Å². The lowest BCUT2D eigenvalue weighted by Gasteiger charge is -2.41. The largest absolute Gasteiger partial charge is 0.473 e. The second kappa shape index (κ2) is 9.60. The van der Waals surface area contributed by atoms with Crippen LogP contribution >= 0.6 is 0 Å². The van der Waals surface area contributed by atoms with Gasteiger partial charge in [-0.3, -0.25) is 0 Å². The van der Waals surface area contributed by atoms with Crippen LogP contribution in [0.25, 0.3) is 0 Å². The molecule has 3 heterocycles. The van der Waals surface area contributed by atoms with E-state index >= 15 is 0 Å². The molecule has 3 fully saturated rings. The quantitative estimate of drug-likeness (QED) is 0.607. The molecule has 1 saturated carbocycles. The number of aromatic nitrogens is 2. The van der Waals surface area contributed by atoms with E-state index < -0.39 is 15.4 Å². The molecule has 2 aliphatic heterocycles. The zero-order valence-corrected chi connectivity index (χ0v) is 21.6. The Morgan fingerprint density at radius 1 is 1.00 bits per heavy atom. The van der Waals surface area contributed by atoms with Crippen molar-refractivity contribution in [3.05, 3.63) is 11.9 Å². The molecule has 2 bridgehead atoms. The molecule has 10 heteroatoms. The Morgan fingerprint density at radius 3 is 2.12 bits per heavy atom. The van der Waals surface area contributed by atoms with Crippen LogP contribution in [0.4, 0.5) is 4.79 Å². The third kappa shape index (κ3) is 6.00. The van der Waals surface area contributed by atoms with Crippen LogP contribution in [0.2, 0.25) is 0 Å². The zero-order valence-electron chi connectivity index (χ0n) is 20.8. The first-order valence-electron chi connectivity index (χ1n) is 12.3. The van der Waals surface area contributed by atoms with E-state index in [1.54, 1.807) is 6.92 Å². The lowest BCUT2D eigenvalue weighted by atomic mass is 9.93. The van der Waals surface area contributed by atoms with Crippen molar-refractivity contribution < 1.29 is 27.4 Å². The molecule has 1 aliphatic carbocycles. The van der Waals surface area contributed by atoms with Crippen LogP contribution in [-0.4, -0.2) is 71.6 Å². The number of carbonyl (C=O) groups is 1. The van der Waals surface area contributed by atoms with Crippen LogP contribution in [0.5, 0.6) is 5.88 Å². The summed E-state index contributed by atoms with van der Waals surface area (Å²) in [6.07, 6.45) is 9.84. The Balaban J connectivity index is 1.25. The number of sulfone groups is 1. The first-order chi connectivity index (χ1) is 15.9. The Labute approximate surface area is 202 Å². The fourth-order valence-corrected chi connectivity index (χ4v) is 5.86. The summed E-state index contributed by atoms with van der Waals surface area (Å²) in [4.78, 5) is 22.9. The number of amides is 1. The van der Waals surface area contributed by atoms with Gasteiger partial charge in [-0.25, -0.2) is 23.2 Å². The molecule has 1 aromatic heterocycles. The molecule has 0 aromatic carbocycles. The molecule has 1 aromatic rings. The van der Waals surface area contributed by atoms with E-state index in [4.69, 9.17) is 14.2 Å².